The number of nitrogens with one attached hydrogen (secondary N) is 1. The number of anilines is 1. The van der Waals surface area contributed by atoms with Gasteiger partial charge in [-0.2, -0.15) is 18.2 Å². The Bertz CT molecular complexity index is 1010. The van der Waals surface area contributed by atoms with E-state index in [0.717, 1.165) is 19.0 Å². The smallest absolute Gasteiger partial charge is 0.416 e. The average molecular weight is 392 g/mol. The minimum atomic E-state index is -4.53. The number of benzene rings is 1. The molecule has 1 atom stereocenters. The van der Waals surface area contributed by atoms with Crippen molar-refractivity contribution in [3.8, 4) is 17.0 Å². The molecule has 3 heterocycles. The van der Waals surface area contributed by atoms with Crippen molar-refractivity contribution in [2.75, 3.05) is 25.5 Å². The van der Waals surface area contributed by atoms with E-state index in [4.69, 9.17) is 4.42 Å². The number of likely N-dealkylation sites (tertiary alicyclic amines) is 1. The third-order valence-corrected chi connectivity index (χ3v) is 5.08. The summed E-state index contributed by atoms with van der Waals surface area (Å²) < 4.78 is 44.4. The molecule has 0 radical (unpaired) electrons. The minimum Gasteiger partial charge on any atom is -0.507 e. The molecule has 0 spiro atoms. The van der Waals surface area contributed by atoms with E-state index in [9.17, 15) is 18.3 Å². The SMILES string of the molecule is Cc1cc(C(F)(F)F)cc(O)c1-c1ccc2oc(NC[C@@H]3CCN3C)nc2n1. The van der Waals surface area contributed by atoms with Gasteiger partial charge in [0, 0.05) is 18.2 Å². The van der Waals surface area contributed by atoms with Crippen molar-refractivity contribution in [2.24, 2.45) is 0 Å². The largest absolute Gasteiger partial charge is 0.507 e. The lowest BCUT2D eigenvalue weighted by Gasteiger charge is -2.37. The summed E-state index contributed by atoms with van der Waals surface area (Å²) in [6, 6.07) is 5.71. The molecule has 1 saturated heterocycles. The molecule has 1 aliphatic rings. The average Bonchev–Trinajstić information content (AvgIpc) is 3.01. The van der Waals surface area contributed by atoms with Crippen molar-refractivity contribution < 1.29 is 22.7 Å². The predicted molar refractivity (Wildman–Crippen MR) is 98.2 cm³/mol. The molecule has 2 aromatic heterocycles. The number of phenols is 1. The lowest BCUT2D eigenvalue weighted by atomic mass is 10.0. The van der Waals surface area contributed by atoms with Crippen molar-refractivity contribution in [1.29, 1.82) is 0 Å². The third-order valence-electron chi connectivity index (χ3n) is 5.08. The molecule has 148 valence electrons. The van der Waals surface area contributed by atoms with Crippen LogP contribution in [0.1, 0.15) is 17.5 Å². The van der Waals surface area contributed by atoms with Gasteiger partial charge in [-0.25, -0.2) is 4.98 Å². The number of rotatable bonds is 4. The molecule has 0 aliphatic carbocycles. The normalized spacial score (nSPS) is 17.7. The summed E-state index contributed by atoms with van der Waals surface area (Å²) in [4.78, 5) is 10.9. The Morgan fingerprint density at radius 3 is 2.68 bits per heavy atom. The van der Waals surface area contributed by atoms with E-state index in [2.05, 4.69) is 27.2 Å². The van der Waals surface area contributed by atoms with Gasteiger partial charge in [-0.3, -0.25) is 0 Å². The Labute approximate surface area is 159 Å². The van der Waals surface area contributed by atoms with Gasteiger partial charge in [0.25, 0.3) is 6.01 Å². The lowest BCUT2D eigenvalue weighted by Crippen LogP contribution is -2.48. The monoisotopic (exact) mass is 392 g/mol. The zero-order valence-corrected chi connectivity index (χ0v) is 15.3. The number of hydrogen-bond donors (Lipinski definition) is 2. The van der Waals surface area contributed by atoms with Crippen molar-refractivity contribution in [1.82, 2.24) is 14.9 Å². The highest BCUT2D eigenvalue weighted by Crippen LogP contribution is 2.38. The molecule has 4 rings (SSSR count). The number of hydrogen-bond acceptors (Lipinski definition) is 6. The first-order chi connectivity index (χ1) is 13.2. The molecule has 9 heteroatoms. The number of aromatic nitrogens is 2. The van der Waals surface area contributed by atoms with Crippen LogP contribution in [0, 0.1) is 6.92 Å². The predicted octanol–water partition coefficient (Wildman–Crippen LogP) is 4.04. The van der Waals surface area contributed by atoms with Gasteiger partial charge in [0.15, 0.2) is 5.58 Å². The summed E-state index contributed by atoms with van der Waals surface area (Å²) >= 11 is 0. The first kappa shape index (κ1) is 18.5. The van der Waals surface area contributed by atoms with Gasteiger partial charge in [-0.05, 0) is 56.8 Å². The van der Waals surface area contributed by atoms with Crippen LogP contribution in [0.25, 0.3) is 22.5 Å². The topological polar surface area (TPSA) is 74.4 Å². The zero-order valence-electron chi connectivity index (χ0n) is 15.3. The van der Waals surface area contributed by atoms with Gasteiger partial charge in [-0.1, -0.05) is 0 Å². The summed E-state index contributed by atoms with van der Waals surface area (Å²) in [6.07, 6.45) is -3.42. The number of halogens is 3. The highest BCUT2D eigenvalue weighted by atomic mass is 19.4. The highest BCUT2D eigenvalue weighted by molar-refractivity contribution is 5.78. The van der Waals surface area contributed by atoms with Crippen LogP contribution < -0.4 is 5.32 Å². The Hall–Kier alpha value is -2.81. The van der Waals surface area contributed by atoms with Crippen LogP contribution >= 0.6 is 0 Å². The molecule has 3 aromatic rings. The molecule has 6 nitrogen and oxygen atoms in total. The maximum absolute atomic E-state index is 12.9. The first-order valence-corrected chi connectivity index (χ1v) is 8.85. The van der Waals surface area contributed by atoms with Crippen LogP contribution in [-0.2, 0) is 6.18 Å². The fourth-order valence-corrected chi connectivity index (χ4v) is 3.33. The van der Waals surface area contributed by atoms with E-state index >= 15 is 0 Å². The minimum absolute atomic E-state index is 0.239. The summed E-state index contributed by atoms with van der Waals surface area (Å²) in [5.74, 6) is -0.478. The van der Waals surface area contributed by atoms with Crippen LogP contribution in [0.15, 0.2) is 28.7 Å². The summed E-state index contributed by atoms with van der Waals surface area (Å²) in [5, 5.41) is 13.3. The van der Waals surface area contributed by atoms with E-state index in [1.54, 1.807) is 12.1 Å². The maximum Gasteiger partial charge on any atom is 0.416 e. The number of aryl methyl sites for hydroxylation is 1. The highest BCUT2D eigenvalue weighted by Gasteiger charge is 2.32. The number of likely N-dealkylation sites (N-methyl/N-ethyl adjacent to an activating group) is 1. The summed E-state index contributed by atoms with van der Waals surface area (Å²) in [7, 11) is 2.05. The molecule has 2 N–H and O–H groups in total. The second kappa shape index (κ2) is 6.66. The van der Waals surface area contributed by atoms with E-state index in [-0.39, 0.29) is 11.1 Å². The van der Waals surface area contributed by atoms with E-state index < -0.39 is 17.5 Å². The van der Waals surface area contributed by atoms with E-state index in [1.807, 2.05) is 0 Å². The number of fused-ring (bicyclic) bond motifs is 1. The van der Waals surface area contributed by atoms with E-state index in [1.165, 1.54) is 6.92 Å². The zero-order chi connectivity index (χ0) is 20.1. The molecule has 0 bridgehead atoms. The van der Waals surface area contributed by atoms with Crippen LogP contribution in [0.5, 0.6) is 5.75 Å². The van der Waals surface area contributed by atoms with Gasteiger partial charge in [0.05, 0.1) is 11.3 Å². The molecule has 0 amide bonds. The second-order valence-electron chi connectivity index (χ2n) is 7.03. The molecular formula is C19H19F3N4O2. The van der Waals surface area contributed by atoms with Gasteiger partial charge in [0.2, 0.25) is 5.65 Å². The number of phenolic OH excluding ortho intramolecular Hbond substituents is 1. The van der Waals surface area contributed by atoms with Gasteiger partial charge < -0.3 is 19.7 Å². The first-order valence-electron chi connectivity index (χ1n) is 8.85. The fourth-order valence-electron chi connectivity index (χ4n) is 3.33. The number of pyridine rings is 1. The standard InChI is InChI=1S/C19H19F3N4O2/c1-10-7-11(19(20,21)22)8-14(27)16(10)13-3-4-15-17(24-13)25-18(28-15)23-9-12-5-6-26(12)2/h3-4,7-8,12,27H,5-6,9H2,1-2H3,(H,23,24,25)/t12-/m0/s1. The van der Waals surface area contributed by atoms with Crippen molar-refractivity contribution >= 4 is 17.2 Å². The lowest BCUT2D eigenvalue weighted by molar-refractivity contribution is -0.137. The molecule has 28 heavy (non-hydrogen) atoms. The Morgan fingerprint density at radius 2 is 2.07 bits per heavy atom. The second-order valence-corrected chi connectivity index (χ2v) is 7.03. The van der Waals surface area contributed by atoms with Crippen molar-refractivity contribution in [3.05, 3.63) is 35.4 Å². The summed E-state index contributed by atoms with van der Waals surface area (Å²) in [5.41, 5.74) is 0.714. The van der Waals surface area contributed by atoms with Gasteiger partial charge >= 0.3 is 6.18 Å². The van der Waals surface area contributed by atoms with Crippen LogP contribution in [0.3, 0.4) is 0 Å². The molecule has 1 fully saturated rings. The third kappa shape index (κ3) is 3.37. The number of nitrogens with zero attached hydrogens (tertiary/aromatic N) is 3. The number of alkyl halides is 3. The van der Waals surface area contributed by atoms with Crippen molar-refractivity contribution in [3.63, 3.8) is 0 Å². The molecular weight excluding hydrogens is 373 g/mol. The quantitative estimate of drug-likeness (QED) is 0.698. The van der Waals surface area contributed by atoms with Gasteiger partial charge in [-0.15, -0.1) is 0 Å². The number of aromatic hydroxyl groups is 1. The van der Waals surface area contributed by atoms with Crippen molar-refractivity contribution in [2.45, 2.75) is 25.6 Å². The number of oxazole rings is 1. The molecule has 0 saturated carbocycles. The fraction of sp³-hybridized carbons (Fsp3) is 0.368. The van der Waals surface area contributed by atoms with Gasteiger partial charge in [0.1, 0.15) is 5.75 Å². The molecule has 1 aliphatic heterocycles. The maximum atomic E-state index is 12.9. The Balaban J connectivity index is 1.62. The Morgan fingerprint density at radius 1 is 1.29 bits per heavy atom. The van der Waals surface area contributed by atoms with Crippen LogP contribution in [-0.4, -0.2) is 46.2 Å². The Kier molecular flexibility index (Phi) is 4.41. The van der Waals surface area contributed by atoms with Crippen LogP contribution in [0.2, 0.25) is 0 Å². The summed E-state index contributed by atoms with van der Waals surface area (Å²) in [6.45, 7) is 3.27. The molecule has 1 aromatic carbocycles. The van der Waals surface area contributed by atoms with E-state index in [0.29, 0.717) is 41.6 Å². The van der Waals surface area contributed by atoms with Crippen LogP contribution in [0.4, 0.5) is 19.2 Å². The molecule has 0 unspecified atom stereocenters.